The molecule has 2 atom stereocenters. The van der Waals surface area contributed by atoms with Crippen molar-refractivity contribution in [3.05, 3.63) is 35.1 Å². The molecule has 14 heavy (non-hydrogen) atoms. The van der Waals surface area contributed by atoms with Crippen LogP contribution in [0.2, 0.25) is 0 Å². The van der Waals surface area contributed by atoms with Gasteiger partial charge in [-0.25, -0.2) is 4.39 Å². The lowest BCUT2D eigenvalue weighted by Crippen LogP contribution is -2.28. The highest BCUT2D eigenvalue weighted by atomic mass is 19.1. The van der Waals surface area contributed by atoms with Crippen molar-refractivity contribution in [1.82, 2.24) is 0 Å². The zero-order valence-corrected chi connectivity index (χ0v) is 7.40. The largest absolute Gasteiger partial charge is 0.392 e. The van der Waals surface area contributed by atoms with E-state index >= 15 is 0 Å². The first-order valence-electron chi connectivity index (χ1n) is 4.35. The molecule has 1 aromatic carbocycles. The number of fused-ring (bicyclic) bond motifs is 1. The van der Waals surface area contributed by atoms with Crippen LogP contribution in [0.1, 0.15) is 17.0 Å². The lowest BCUT2D eigenvalue weighted by Gasteiger charge is -2.10. The Morgan fingerprint density at radius 2 is 2.29 bits per heavy atom. The van der Waals surface area contributed by atoms with Crippen LogP contribution in [0, 0.1) is 5.82 Å². The van der Waals surface area contributed by atoms with Gasteiger partial charge in [0.25, 0.3) is 0 Å². The normalized spacial score (nSPS) is 24.7. The molecule has 0 saturated carbocycles. The van der Waals surface area contributed by atoms with Crippen LogP contribution in [-0.4, -0.2) is 17.1 Å². The van der Waals surface area contributed by atoms with E-state index in [-0.39, 0.29) is 5.82 Å². The van der Waals surface area contributed by atoms with Crippen molar-refractivity contribution in [2.75, 3.05) is 0 Å². The van der Waals surface area contributed by atoms with E-state index in [9.17, 15) is 14.3 Å². The van der Waals surface area contributed by atoms with Gasteiger partial charge in [0.05, 0.1) is 12.0 Å². The highest BCUT2D eigenvalue weighted by Gasteiger charge is 2.35. The van der Waals surface area contributed by atoms with Crippen LogP contribution in [0.4, 0.5) is 4.39 Å². The minimum Gasteiger partial charge on any atom is -0.392 e. The Hall–Kier alpha value is -1.42. The number of aliphatic hydroxyl groups excluding tert-OH is 1. The fraction of sp³-hybridized carbons (Fsp3) is 0.300. The number of benzene rings is 1. The van der Waals surface area contributed by atoms with Crippen molar-refractivity contribution in [2.45, 2.75) is 18.4 Å². The third-order valence-electron chi connectivity index (χ3n) is 2.56. The number of rotatable bonds is 1. The quantitative estimate of drug-likeness (QED) is 0.677. The molecule has 1 aliphatic rings. The number of primary amides is 1. The van der Waals surface area contributed by atoms with Crippen molar-refractivity contribution in [3.8, 4) is 0 Å². The maximum atomic E-state index is 12.8. The van der Waals surface area contributed by atoms with Gasteiger partial charge in [0.1, 0.15) is 5.82 Å². The third-order valence-corrected chi connectivity index (χ3v) is 2.56. The lowest BCUT2D eigenvalue weighted by atomic mass is 9.99. The van der Waals surface area contributed by atoms with Crippen molar-refractivity contribution in [1.29, 1.82) is 0 Å². The first-order valence-corrected chi connectivity index (χ1v) is 4.35. The summed E-state index contributed by atoms with van der Waals surface area (Å²) in [6.45, 7) is 0. The Kier molecular flexibility index (Phi) is 2.00. The second-order valence-electron chi connectivity index (χ2n) is 3.49. The Balaban J connectivity index is 2.48. The van der Waals surface area contributed by atoms with Gasteiger partial charge in [-0.2, -0.15) is 0 Å². The average molecular weight is 195 g/mol. The summed E-state index contributed by atoms with van der Waals surface area (Å²) in [7, 11) is 0. The van der Waals surface area contributed by atoms with Crippen LogP contribution < -0.4 is 5.73 Å². The Labute approximate surface area is 80.3 Å². The number of carbonyl (C=O) groups is 1. The van der Waals surface area contributed by atoms with Crippen molar-refractivity contribution in [2.24, 2.45) is 5.73 Å². The summed E-state index contributed by atoms with van der Waals surface area (Å²) in [5, 5.41) is 9.55. The van der Waals surface area contributed by atoms with Gasteiger partial charge >= 0.3 is 0 Å². The maximum absolute atomic E-state index is 12.8. The number of nitrogens with two attached hydrogens (primary N) is 1. The number of hydrogen-bond acceptors (Lipinski definition) is 2. The number of hydrogen-bond donors (Lipinski definition) is 2. The molecule has 1 aliphatic carbocycles. The van der Waals surface area contributed by atoms with Gasteiger partial charge in [-0.05, 0) is 29.7 Å². The van der Waals surface area contributed by atoms with E-state index < -0.39 is 17.9 Å². The molecule has 0 radical (unpaired) electrons. The molecule has 2 unspecified atom stereocenters. The third kappa shape index (κ3) is 1.28. The average Bonchev–Trinajstić information content (AvgIpc) is 2.39. The molecule has 0 spiro atoms. The fourth-order valence-electron chi connectivity index (χ4n) is 1.95. The van der Waals surface area contributed by atoms with Gasteiger partial charge in [-0.3, -0.25) is 4.79 Å². The predicted octanol–water partition coefficient (Wildman–Crippen LogP) is 0.312. The molecule has 0 heterocycles. The molecule has 1 aromatic rings. The van der Waals surface area contributed by atoms with E-state index in [0.717, 1.165) is 0 Å². The topological polar surface area (TPSA) is 63.3 Å². The molecule has 0 aliphatic heterocycles. The Morgan fingerprint density at radius 1 is 1.57 bits per heavy atom. The number of halogens is 1. The van der Waals surface area contributed by atoms with Gasteiger partial charge in [-0.15, -0.1) is 0 Å². The van der Waals surface area contributed by atoms with E-state index in [1.807, 2.05) is 0 Å². The van der Waals surface area contributed by atoms with Gasteiger partial charge < -0.3 is 10.8 Å². The molecule has 0 saturated heterocycles. The molecule has 0 fully saturated rings. The molecule has 3 N–H and O–H groups in total. The number of carbonyl (C=O) groups excluding carboxylic acids is 1. The monoisotopic (exact) mass is 195 g/mol. The molecule has 1 amide bonds. The summed E-state index contributed by atoms with van der Waals surface area (Å²) in [6, 6.07) is 4.12. The van der Waals surface area contributed by atoms with Crippen LogP contribution in [0.25, 0.3) is 0 Å². The van der Waals surface area contributed by atoms with E-state index in [1.165, 1.54) is 18.2 Å². The van der Waals surface area contributed by atoms with Crippen molar-refractivity contribution >= 4 is 5.91 Å². The molecular weight excluding hydrogens is 185 g/mol. The van der Waals surface area contributed by atoms with Crippen LogP contribution in [0.3, 0.4) is 0 Å². The molecule has 0 bridgehead atoms. The standard InChI is InChI=1S/C10H10FNO2/c11-6-1-2-7-5(3-6)4-8(13)9(7)10(12)14/h1-3,8-9,13H,4H2,(H2,12,14). The minimum absolute atomic E-state index is 0.292. The summed E-state index contributed by atoms with van der Waals surface area (Å²) < 4.78 is 12.8. The van der Waals surface area contributed by atoms with Crippen molar-refractivity contribution in [3.63, 3.8) is 0 Å². The Morgan fingerprint density at radius 3 is 2.93 bits per heavy atom. The van der Waals surface area contributed by atoms with Gasteiger partial charge in [0.2, 0.25) is 5.91 Å². The van der Waals surface area contributed by atoms with E-state index in [2.05, 4.69) is 0 Å². The zero-order valence-electron chi connectivity index (χ0n) is 7.40. The Bertz CT molecular complexity index is 392. The summed E-state index contributed by atoms with van der Waals surface area (Å²) in [5.41, 5.74) is 6.46. The van der Waals surface area contributed by atoms with Crippen molar-refractivity contribution < 1.29 is 14.3 Å². The van der Waals surface area contributed by atoms with Gasteiger partial charge in [0.15, 0.2) is 0 Å². The highest BCUT2D eigenvalue weighted by Crippen LogP contribution is 2.33. The van der Waals surface area contributed by atoms with Gasteiger partial charge in [0, 0.05) is 0 Å². The molecular formula is C10H10FNO2. The van der Waals surface area contributed by atoms with Crippen LogP contribution in [0.15, 0.2) is 18.2 Å². The SMILES string of the molecule is NC(=O)C1c2ccc(F)cc2CC1O. The zero-order chi connectivity index (χ0) is 10.3. The second-order valence-corrected chi connectivity index (χ2v) is 3.49. The predicted molar refractivity (Wildman–Crippen MR) is 48.0 cm³/mol. The minimum atomic E-state index is -0.815. The summed E-state index contributed by atoms with van der Waals surface area (Å²) in [4.78, 5) is 11.0. The smallest absolute Gasteiger partial charge is 0.227 e. The van der Waals surface area contributed by atoms with Crippen LogP contribution in [-0.2, 0) is 11.2 Å². The molecule has 3 nitrogen and oxygen atoms in total. The van der Waals surface area contributed by atoms with E-state index in [1.54, 1.807) is 0 Å². The summed E-state index contributed by atoms with van der Waals surface area (Å²) in [5.74, 6) is -1.62. The molecule has 74 valence electrons. The lowest BCUT2D eigenvalue weighted by molar-refractivity contribution is -0.121. The second kappa shape index (κ2) is 3.06. The fourth-order valence-corrected chi connectivity index (χ4v) is 1.95. The van der Waals surface area contributed by atoms with Crippen LogP contribution in [0.5, 0.6) is 0 Å². The first-order chi connectivity index (χ1) is 6.59. The summed E-state index contributed by atoms with van der Waals surface area (Å²) >= 11 is 0. The molecule has 0 aromatic heterocycles. The van der Waals surface area contributed by atoms with E-state index in [0.29, 0.717) is 17.5 Å². The molecule has 2 rings (SSSR count). The number of amides is 1. The first kappa shape index (κ1) is 9.15. The van der Waals surface area contributed by atoms with Gasteiger partial charge in [-0.1, -0.05) is 6.07 Å². The van der Waals surface area contributed by atoms with Crippen LogP contribution >= 0.6 is 0 Å². The highest BCUT2D eigenvalue weighted by molar-refractivity contribution is 5.84. The van der Waals surface area contributed by atoms with E-state index in [4.69, 9.17) is 5.73 Å². The maximum Gasteiger partial charge on any atom is 0.227 e. The molecule has 4 heteroatoms. The summed E-state index contributed by atoms with van der Waals surface area (Å²) in [6.07, 6.45) is -0.523. The number of aliphatic hydroxyl groups is 1.